The number of H-pyrrole nitrogens is 1. The zero-order chi connectivity index (χ0) is 23.0. The molecule has 0 radical (unpaired) electrons. The van der Waals surface area contributed by atoms with E-state index in [-0.39, 0.29) is 0 Å². The van der Waals surface area contributed by atoms with Gasteiger partial charge in [0.25, 0.3) is 0 Å². The second-order valence-corrected chi connectivity index (χ2v) is 10.6. The normalized spacial score (nSPS) is 15.9. The van der Waals surface area contributed by atoms with E-state index < -0.39 is 10.0 Å². The predicted molar refractivity (Wildman–Crippen MR) is 124 cm³/mol. The first-order valence-corrected chi connectivity index (χ1v) is 12.4. The number of nitrogens with one attached hydrogen (secondary N) is 1. The highest BCUT2D eigenvalue weighted by Gasteiger charge is 2.28. The molecular formula is C22H26N8O2S. The first kappa shape index (κ1) is 21.5. The summed E-state index contributed by atoms with van der Waals surface area (Å²) in [7, 11) is -3.48. The number of fused-ring (bicyclic) bond motifs is 1. The molecular weight excluding hydrogens is 440 g/mol. The lowest BCUT2D eigenvalue weighted by atomic mass is 10.0. The summed E-state index contributed by atoms with van der Waals surface area (Å²) in [6.45, 7) is 3.79. The van der Waals surface area contributed by atoms with Crippen LogP contribution in [0.5, 0.6) is 0 Å². The first-order chi connectivity index (χ1) is 15.9. The van der Waals surface area contributed by atoms with Crippen molar-refractivity contribution in [2.24, 2.45) is 5.92 Å². The minimum absolute atomic E-state index is 0.336. The molecule has 1 aromatic carbocycles. The molecule has 5 rings (SSSR count). The largest absolute Gasteiger partial charge is 0.384 e. The average Bonchev–Trinajstić information content (AvgIpc) is 3.43. The first-order valence-electron chi connectivity index (χ1n) is 11.0. The lowest BCUT2D eigenvalue weighted by Gasteiger charge is -2.29. The van der Waals surface area contributed by atoms with Crippen LogP contribution in [-0.4, -0.2) is 56.0 Å². The SMILES string of the molecule is CC1CCN(S(=O)(=O)c2cccc(Cn3ccc(Cc4cc(N)nc5[nH]nnc45)n3)c2)CC1. The molecule has 4 aromatic rings. The highest BCUT2D eigenvalue weighted by Crippen LogP contribution is 2.24. The van der Waals surface area contributed by atoms with Crippen LogP contribution in [0.25, 0.3) is 11.2 Å². The fraction of sp³-hybridized carbons (Fsp3) is 0.364. The van der Waals surface area contributed by atoms with Crippen LogP contribution in [0.1, 0.15) is 36.6 Å². The minimum Gasteiger partial charge on any atom is -0.384 e. The summed E-state index contributed by atoms with van der Waals surface area (Å²) < 4.78 is 29.6. The molecule has 3 aromatic heterocycles. The molecule has 0 unspecified atom stereocenters. The zero-order valence-corrected chi connectivity index (χ0v) is 19.2. The molecule has 0 atom stereocenters. The fourth-order valence-electron chi connectivity index (χ4n) is 4.21. The summed E-state index contributed by atoms with van der Waals surface area (Å²) in [5, 5.41) is 15.3. The Labute approximate surface area is 191 Å². The van der Waals surface area contributed by atoms with E-state index in [1.54, 1.807) is 33.3 Å². The number of sulfonamides is 1. The third kappa shape index (κ3) is 4.46. The number of aromatic nitrogens is 6. The average molecular weight is 467 g/mol. The Morgan fingerprint density at radius 1 is 1.18 bits per heavy atom. The van der Waals surface area contributed by atoms with Gasteiger partial charge in [0.1, 0.15) is 11.3 Å². The molecule has 0 saturated carbocycles. The van der Waals surface area contributed by atoms with Gasteiger partial charge in [-0.2, -0.15) is 9.40 Å². The molecule has 0 spiro atoms. The Bertz CT molecular complexity index is 1390. The summed E-state index contributed by atoms with van der Waals surface area (Å²) in [5.74, 6) is 0.963. The van der Waals surface area contributed by atoms with Crippen LogP contribution in [-0.2, 0) is 23.0 Å². The molecule has 33 heavy (non-hydrogen) atoms. The van der Waals surface area contributed by atoms with E-state index in [1.165, 1.54) is 0 Å². The minimum atomic E-state index is -3.48. The number of hydrogen-bond acceptors (Lipinski definition) is 7. The van der Waals surface area contributed by atoms with E-state index in [0.717, 1.165) is 29.7 Å². The number of pyridine rings is 1. The Kier molecular flexibility index (Phi) is 5.59. The van der Waals surface area contributed by atoms with Gasteiger partial charge in [-0.25, -0.2) is 18.5 Å². The van der Waals surface area contributed by atoms with Gasteiger partial charge >= 0.3 is 0 Å². The van der Waals surface area contributed by atoms with Crippen LogP contribution in [0.2, 0.25) is 0 Å². The monoisotopic (exact) mass is 466 g/mol. The Morgan fingerprint density at radius 3 is 2.82 bits per heavy atom. The van der Waals surface area contributed by atoms with Crippen LogP contribution >= 0.6 is 0 Å². The zero-order valence-electron chi connectivity index (χ0n) is 18.3. The van der Waals surface area contributed by atoms with Gasteiger partial charge in [0.15, 0.2) is 5.65 Å². The maximum absolute atomic E-state index is 13.1. The summed E-state index contributed by atoms with van der Waals surface area (Å²) in [6, 6.07) is 10.8. The molecule has 1 aliphatic heterocycles. The van der Waals surface area contributed by atoms with E-state index in [0.29, 0.717) is 53.9 Å². The number of hydrogen-bond donors (Lipinski definition) is 2. The Balaban J connectivity index is 1.32. The highest BCUT2D eigenvalue weighted by molar-refractivity contribution is 7.89. The van der Waals surface area contributed by atoms with Crippen molar-refractivity contribution in [3.05, 3.63) is 59.4 Å². The van der Waals surface area contributed by atoms with Crippen molar-refractivity contribution in [1.29, 1.82) is 0 Å². The molecule has 1 fully saturated rings. The molecule has 11 heteroatoms. The third-order valence-electron chi connectivity index (χ3n) is 6.09. The van der Waals surface area contributed by atoms with Gasteiger partial charge in [-0.05, 0) is 54.2 Å². The van der Waals surface area contributed by atoms with Gasteiger partial charge in [0.05, 0.1) is 17.1 Å². The maximum Gasteiger partial charge on any atom is 0.243 e. The molecule has 0 aliphatic carbocycles. The summed E-state index contributed by atoms with van der Waals surface area (Å²) in [6.07, 6.45) is 4.22. The Morgan fingerprint density at radius 2 is 2.00 bits per heavy atom. The molecule has 3 N–H and O–H groups in total. The number of piperidine rings is 1. The van der Waals surface area contributed by atoms with Gasteiger partial charge in [0.2, 0.25) is 10.0 Å². The molecule has 10 nitrogen and oxygen atoms in total. The number of rotatable bonds is 6. The highest BCUT2D eigenvalue weighted by atomic mass is 32.2. The maximum atomic E-state index is 13.1. The van der Waals surface area contributed by atoms with Gasteiger partial charge in [0, 0.05) is 25.7 Å². The van der Waals surface area contributed by atoms with Crippen LogP contribution < -0.4 is 5.73 Å². The van der Waals surface area contributed by atoms with Crippen LogP contribution in [0.4, 0.5) is 5.82 Å². The lowest BCUT2D eigenvalue weighted by molar-refractivity contribution is 0.288. The molecule has 1 aliphatic rings. The number of nitrogens with two attached hydrogens (primary N) is 1. The van der Waals surface area contributed by atoms with Crippen LogP contribution in [0, 0.1) is 5.92 Å². The van der Waals surface area contributed by atoms with Gasteiger partial charge in [-0.3, -0.25) is 4.68 Å². The van der Waals surface area contributed by atoms with Crippen molar-refractivity contribution in [2.45, 2.75) is 37.6 Å². The van der Waals surface area contributed by atoms with E-state index in [2.05, 4.69) is 32.4 Å². The van der Waals surface area contributed by atoms with E-state index in [4.69, 9.17) is 5.73 Å². The smallest absolute Gasteiger partial charge is 0.243 e. The van der Waals surface area contributed by atoms with Crippen LogP contribution in [0.3, 0.4) is 0 Å². The van der Waals surface area contributed by atoms with E-state index in [9.17, 15) is 8.42 Å². The molecule has 0 bridgehead atoms. The van der Waals surface area contributed by atoms with Crippen molar-refractivity contribution in [2.75, 3.05) is 18.8 Å². The van der Waals surface area contributed by atoms with E-state index in [1.807, 2.05) is 18.3 Å². The van der Waals surface area contributed by atoms with Gasteiger partial charge in [-0.15, -0.1) is 5.10 Å². The summed E-state index contributed by atoms with van der Waals surface area (Å²) in [5.41, 5.74) is 9.72. The van der Waals surface area contributed by atoms with Crippen LogP contribution in [0.15, 0.2) is 47.5 Å². The summed E-state index contributed by atoms with van der Waals surface area (Å²) in [4.78, 5) is 4.52. The number of nitrogens with zero attached hydrogens (tertiary/aromatic N) is 6. The van der Waals surface area contributed by atoms with Crippen molar-refractivity contribution < 1.29 is 8.42 Å². The van der Waals surface area contributed by atoms with Gasteiger partial charge < -0.3 is 5.73 Å². The van der Waals surface area contributed by atoms with Crippen molar-refractivity contribution in [3.8, 4) is 0 Å². The Hall–Kier alpha value is -3.31. The topological polar surface area (TPSA) is 136 Å². The summed E-state index contributed by atoms with van der Waals surface area (Å²) >= 11 is 0. The molecule has 172 valence electrons. The van der Waals surface area contributed by atoms with Crippen molar-refractivity contribution in [3.63, 3.8) is 0 Å². The third-order valence-corrected chi connectivity index (χ3v) is 7.98. The predicted octanol–water partition coefficient (Wildman–Crippen LogP) is 2.19. The quantitative estimate of drug-likeness (QED) is 0.444. The second kappa shape index (κ2) is 8.56. The van der Waals surface area contributed by atoms with Crippen molar-refractivity contribution in [1.82, 2.24) is 34.5 Å². The van der Waals surface area contributed by atoms with Crippen molar-refractivity contribution >= 4 is 27.0 Å². The lowest BCUT2D eigenvalue weighted by Crippen LogP contribution is -2.37. The molecule has 0 amide bonds. The number of nitrogen functional groups attached to an aromatic ring is 1. The van der Waals surface area contributed by atoms with Gasteiger partial charge in [-0.1, -0.05) is 24.3 Å². The molecule has 4 heterocycles. The number of benzene rings is 1. The standard InChI is InChI=1S/C22H26N8O2S/c1-15-5-9-30(10-6-15)33(31,32)19-4-2-3-16(11-19)14-29-8-7-18(27-29)12-17-13-20(23)24-22-21(17)25-28-26-22/h2-4,7-8,11,13,15H,5-6,9-10,12,14H2,1H3,(H3,23,24,25,26,28). The second-order valence-electron chi connectivity index (χ2n) is 8.63. The molecule has 1 saturated heterocycles. The number of aromatic amines is 1. The number of anilines is 1. The fourth-order valence-corrected chi connectivity index (χ4v) is 5.75. The van der Waals surface area contributed by atoms with E-state index >= 15 is 0 Å².